The first kappa shape index (κ1) is 17.1. The fourth-order valence-electron chi connectivity index (χ4n) is 3.35. The molecule has 8 heteroatoms. The molecule has 0 aromatic carbocycles. The molecule has 0 saturated heterocycles. The van der Waals surface area contributed by atoms with Crippen LogP contribution in [-0.2, 0) is 23.8 Å². The van der Waals surface area contributed by atoms with Crippen LogP contribution in [-0.4, -0.2) is 33.1 Å². The van der Waals surface area contributed by atoms with E-state index in [-0.39, 0.29) is 30.3 Å². The Labute approximate surface area is 137 Å². The predicted octanol–water partition coefficient (Wildman–Crippen LogP) is 1.94. The largest absolute Gasteiger partial charge is 0.433 e. The zero-order chi connectivity index (χ0) is 17.5. The molecule has 132 valence electrons. The Kier molecular flexibility index (Phi) is 4.27. The van der Waals surface area contributed by atoms with Crippen molar-refractivity contribution in [3.05, 3.63) is 22.8 Å². The molecule has 0 aliphatic heterocycles. The van der Waals surface area contributed by atoms with E-state index in [9.17, 15) is 23.1 Å². The van der Waals surface area contributed by atoms with Crippen molar-refractivity contribution >= 4 is 5.91 Å². The minimum absolute atomic E-state index is 0.0191. The third-order valence-electron chi connectivity index (χ3n) is 4.90. The molecule has 0 spiro atoms. The third kappa shape index (κ3) is 3.38. The van der Waals surface area contributed by atoms with Crippen LogP contribution in [0.15, 0.2) is 0 Å². The molecule has 1 aromatic rings. The molecule has 2 aliphatic rings. The molecule has 1 saturated carbocycles. The zero-order valence-corrected chi connectivity index (χ0v) is 13.4. The second-order valence-corrected chi connectivity index (χ2v) is 6.78. The van der Waals surface area contributed by atoms with E-state index in [1.165, 1.54) is 6.92 Å². The molecule has 24 heavy (non-hydrogen) atoms. The van der Waals surface area contributed by atoms with Gasteiger partial charge in [-0.1, -0.05) is 0 Å². The van der Waals surface area contributed by atoms with Crippen LogP contribution >= 0.6 is 0 Å². The van der Waals surface area contributed by atoms with E-state index in [2.05, 4.69) is 15.3 Å². The first-order valence-corrected chi connectivity index (χ1v) is 8.12. The number of nitrogens with zero attached hydrogens (tertiary/aromatic N) is 2. The van der Waals surface area contributed by atoms with E-state index >= 15 is 0 Å². The highest BCUT2D eigenvalue weighted by Gasteiger charge is 2.40. The van der Waals surface area contributed by atoms with E-state index in [0.717, 1.165) is 6.42 Å². The monoisotopic (exact) mass is 343 g/mol. The maximum Gasteiger partial charge on any atom is 0.433 e. The molecule has 2 aliphatic carbocycles. The fraction of sp³-hybridized carbons (Fsp3) is 0.688. The zero-order valence-electron chi connectivity index (χ0n) is 13.4. The Hall–Kier alpha value is -1.70. The summed E-state index contributed by atoms with van der Waals surface area (Å²) in [6, 6.07) is 0. The second-order valence-electron chi connectivity index (χ2n) is 6.78. The molecule has 1 heterocycles. The smallest absolute Gasteiger partial charge is 0.388 e. The maximum atomic E-state index is 13.2. The van der Waals surface area contributed by atoms with Crippen molar-refractivity contribution in [2.75, 3.05) is 6.54 Å². The number of alkyl halides is 3. The third-order valence-corrected chi connectivity index (χ3v) is 4.90. The summed E-state index contributed by atoms with van der Waals surface area (Å²) in [7, 11) is 0. The summed E-state index contributed by atoms with van der Waals surface area (Å²) in [5.41, 5.74) is -1.36. The van der Waals surface area contributed by atoms with Gasteiger partial charge in [0.2, 0.25) is 5.91 Å². The van der Waals surface area contributed by atoms with Crippen molar-refractivity contribution in [1.82, 2.24) is 15.3 Å². The molecule has 1 aromatic heterocycles. The normalized spacial score (nSPS) is 22.5. The van der Waals surface area contributed by atoms with Gasteiger partial charge in [-0.2, -0.15) is 13.2 Å². The topological polar surface area (TPSA) is 75.1 Å². The number of fused-ring (bicyclic) bond motifs is 1. The lowest BCUT2D eigenvalue weighted by molar-refractivity contribution is -0.142. The highest BCUT2D eigenvalue weighted by molar-refractivity contribution is 5.79. The summed E-state index contributed by atoms with van der Waals surface area (Å²) < 4.78 is 39.7. The van der Waals surface area contributed by atoms with E-state index < -0.39 is 23.4 Å². The lowest BCUT2D eigenvalue weighted by Crippen LogP contribution is -2.49. The van der Waals surface area contributed by atoms with Crippen LogP contribution in [0.1, 0.15) is 48.5 Å². The van der Waals surface area contributed by atoms with Crippen molar-refractivity contribution in [2.24, 2.45) is 5.92 Å². The van der Waals surface area contributed by atoms with Crippen molar-refractivity contribution in [2.45, 2.75) is 57.2 Å². The summed E-state index contributed by atoms with van der Waals surface area (Å²) in [5, 5.41) is 12.7. The molecule has 0 bridgehead atoms. The Morgan fingerprint density at radius 1 is 1.38 bits per heavy atom. The summed E-state index contributed by atoms with van der Waals surface area (Å²) in [6.07, 6.45) is -1.59. The van der Waals surface area contributed by atoms with Crippen LogP contribution in [0.2, 0.25) is 0 Å². The standard InChI is InChI=1S/C16H20F3N3O2/c1-9-21-12-4-3-10(7-11(12)13(22-9)16(17,18)19)14(23)20-8-15(24)5-2-6-15/h10,24H,2-8H2,1H3,(H,20,23). The van der Waals surface area contributed by atoms with Crippen LogP contribution in [0.5, 0.6) is 0 Å². The van der Waals surface area contributed by atoms with E-state index in [1.807, 2.05) is 0 Å². The first-order valence-electron chi connectivity index (χ1n) is 8.12. The van der Waals surface area contributed by atoms with E-state index in [1.54, 1.807) is 0 Å². The number of halogens is 3. The average molecular weight is 343 g/mol. The van der Waals surface area contributed by atoms with Crippen LogP contribution in [0.25, 0.3) is 0 Å². The molecule has 5 nitrogen and oxygen atoms in total. The van der Waals surface area contributed by atoms with Gasteiger partial charge >= 0.3 is 6.18 Å². The molecule has 0 radical (unpaired) electrons. The molecule has 1 unspecified atom stereocenters. The number of aliphatic hydroxyl groups is 1. The van der Waals surface area contributed by atoms with Crippen LogP contribution in [0.3, 0.4) is 0 Å². The number of rotatable bonds is 3. The molecule has 1 atom stereocenters. The van der Waals surface area contributed by atoms with Crippen LogP contribution in [0.4, 0.5) is 13.2 Å². The number of aromatic nitrogens is 2. The van der Waals surface area contributed by atoms with Crippen LogP contribution in [0, 0.1) is 12.8 Å². The van der Waals surface area contributed by atoms with Gasteiger partial charge in [-0.15, -0.1) is 0 Å². The van der Waals surface area contributed by atoms with Gasteiger partial charge in [0.05, 0.1) is 5.60 Å². The van der Waals surface area contributed by atoms with Crippen molar-refractivity contribution < 1.29 is 23.1 Å². The molecule has 3 rings (SSSR count). The van der Waals surface area contributed by atoms with Gasteiger partial charge in [-0.25, -0.2) is 9.97 Å². The summed E-state index contributed by atoms with van der Waals surface area (Å²) in [6.45, 7) is 1.60. The van der Waals surface area contributed by atoms with Crippen molar-refractivity contribution in [1.29, 1.82) is 0 Å². The Morgan fingerprint density at radius 3 is 2.67 bits per heavy atom. The van der Waals surface area contributed by atoms with Crippen molar-refractivity contribution in [3.63, 3.8) is 0 Å². The Bertz CT molecular complexity index is 657. The minimum atomic E-state index is -4.56. The van der Waals surface area contributed by atoms with Gasteiger partial charge in [0.1, 0.15) is 5.82 Å². The number of aryl methyl sites for hydroxylation is 2. The Balaban J connectivity index is 1.74. The average Bonchev–Trinajstić information content (AvgIpc) is 2.48. The molecular formula is C16H20F3N3O2. The molecule has 1 amide bonds. The summed E-state index contributed by atoms with van der Waals surface area (Å²) >= 11 is 0. The Morgan fingerprint density at radius 2 is 2.08 bits per heavy atom. The minimum Gasteiger partial charge on any atom is -0.388 e. The number of carbonyl (C=O) groups is 1. The van der Waals surface area contributed by atoms with Gasteiger partial charge in [-0.3, -0.25) is 4.79 Å². The number of hydrogen-bond donors (Lipinski definition) is 2. The molecule has 1 fully saturated rings. The lowest BCUT2D eigenvalue weighted by atomic mass is 9.80. The lowest BCUT2D eigenvalue weighted by Gasteiger charge is -2.37. The van der Waals surface area contributed by atoms with E-state index in [0.29, 0.717) is 31.4 Å². The van der Waals surface area contributed by atoms with Crippen molar-refractivity contribution in [3.8, 4) is 0 Å². The van der Waals surface area contributed by atoms with E-state index in [4.69, 9.17) is 0 Å². The highest BCUT2D eigenvalue weighted by atomic mass is 19.4. The molecule has 2 N–H and O–H groups in total. The van der Waals surface area contributed by atoms with Gasteiger partial charge in [0, 0.05) is 23.7 Å². The summed E-state index contributed by atoms with van der Waals surface area (Å²) in [5.74, 6) is -0.764. The first-order chi connectivity index (χ1) is 11.2. The second kappa shape index (κ2) is 5.98. The summed E-state index contributed by atoms with van der Waals surface area (Å²) in [4.78, 5) is 19.9. The van der Waals surface area contributed by atoms with Gasteiger partial charge in [0.25, 0.3) is 0 Å². The number of amides is 1. The SMILES string of the molecule is Cc1nc2c(c(C(F)(F)F)n1)CC(C(=O)NCC1(O)CCC1)CC2. The fourth-order valence-corrected chi connectivity index (χ4v) is 3.35. The van der Waals surface area contributed by atoms with Gasteiger partial charge in [-0.05, 0) is 45.4 Å². The molecular weight excluding hydrogens is 323 g/mol. The van der Waals surface area contributed by atoms with Gasteiger partial charge < -0.3 is 10.4 Å². The quantitative estimate of drug-likeness (QED) is 0.880. The number of hydrogen-bond acceptors (Lipinski definition) is 4. The van der Waals surface area contributed by atoms with Crippen LogP contribution < -0.4 is 5.32 Å². The number of nitrogens with one attached hydrogen (secondary N) is 1. The predicted molar refractivity (Wildman–Crippen MR) is 79.1 cm³/mol. The maximum absolute atomic E-state index is 13.2. The van der Waals surface area contributed by atoms with Gasteiger partial charge in [0.15, 0.2) is 5.69 Å². The highest BCUT2D eigenvalue weighted by Crippen LogP contribution is 2.36. The number of carbonyl (C=O) groups excluding carboxylic acids is 1.